The number of thioether (sulfide) groups is 2. The van der Waals surface area contributed by atoms with Crippen molar-refractivity contribution in [3.63, 3.8) is 0 Å². The molecule has 1 fully saturated rings. The Morgan fingerprint density at radius 1 is 1.31 bits per heavy atom. The van der Waals surface area contributed by atoms with E-state index >= 15 is 0 Å². The maximum atomic E-state index is 11.7. The highest BCUT2D eigenvalue weighted by Gasteiger charge is 2.27. The van der Waals surface area contributed by atoms with E-state index in [1.807, 2.05) is 25.6 Å². The molecular formula is C10H16OS2. The summed E-state index contributed by atoms with van der Waals surface area (Å²) in [7, 11) is 0. The fourth-order valence-electron chi connectivity index (χ4n) is 1.31. The summed E-state index contributed by atoms with van der Waals surface area (Å²) in [6.45, 7) is 6.10. The molecule has 1 saturated heterocycles. The van der Waals surface area contributed by atoms with Gasteiger partial charge in [-0.2, -0.15) is 11.8 Å². The molecule has 0 N–H and O–H groups in total. The van der Waals surface area contributed by atoms with Gasteiger partial charge in [0.25, 0.3) is 0 Å². The molecule has 0 saturated carbocycles. The van der Waals surface area contributed by atoms with Crippen LogP contribution in [-0.4, -0.2) is 27.8 Å². The van der Waals surface area contributed by atoms with Gasteiger partial charge in [-0.05, 0) is 19.9 Å². The van der Waals surface area contributed by atoms with Gasteiger partial charge in [-0.1, -0.05) is 12.5 Å². The number of hydrogen-bond donors (Lipinski definition) is 0. The first-order valence-electron chi connectivity index (χ1n) is 4.53. The quantitative estimate of drug-likeness (QED) is 0.661. The van der Waals surface area contributed by atoms with Crippen molar-refractivity contribution in [1.29, 1.82) is 0 Å². The fourth-order valence-corrected chi connectivity index (χ4v) is 3.99. The van der Waals surface area contributed by atoms with Crippen LogP contribution in [0.3, 0.4) is 0 Å². The molecule has 0 amide bonds. The molecule has 1 aliphatic heterocycles. The minimum absolute atomic E-state index is 0.189. The Kier molecular flexibility index (Phi) is 4.39. The second kappa shape index (κ2) is 5.11. The second-order valence-electron chi connectivity index (χ2n) is 3.49. The SMILES string of the molecule is CC(C)=CC(=O)C1SCCSC1C. The van der Waals surface area contributed by atoms with Crippen molar-refractivity contribution < 1.29 is 4.79 Å². The summed E-state index contributed by atoms with van der Waals surface area (Å²) in [5.74, 6) is 2.59. The Bertz CT molecular complexity index is 219. The molecule has 0 aromatic carbocycles. The lowest BCUT2D eigenvalue weighted by Crippen LogP contribution is -2.29. The van der Waals surface area contributed by atoms with Crippen molar-refractivity contribution in [1.82, 2.24) is 0 Å². The lowest BCUT2D eigenvalue weighted by atomic mass is 10.1. The topological polar surface area (TPSA) is 17.1 Å². The summed E-state index contributed by atoms with van der Waals surface area (Å²) < 4.78 is 0. The van der Waals surface area contributed by atoms with Crippen LogP contribution in [0.5, 0.6) is 0 Å². The molecule has 2 unspecified atom stereocenters. The normalized spacial score (nSPS) is 28.2. The van der Waals surface area contributed by atoms with Crippen LogP contribution in [0.2, 0.25) is 0 Å². The molecule has 3 heteroatoms. The lowest BCUT2D eigenvalue weighted by Gasteiger charge is -2.25. The highest BCUT2D eigenvalue weighted by atomic mass is 32.2. The molecule has 0 spiro atoms. The zero-order chi connectivity index (χ0) is 9.84. The van der Waals surface area contributed by atoms with E-state index in [9.17, 15) is 4.79 Å². The van der Waals surface area contributed by atoms with E-state index in [1.165, 1.54) is 5.75 Å². The summed E-state index contributed by atoms with van der Waals surface area (Å²) in [6, 6.07) is 0. The molecule has 0 radical (unpaired) electrons. The zero-order valence-corrected chi connectivity index (χ0v) is 10.0. The predicted molar refractivity (Wildman–Crippen MR) is 62.6 cm³/mol. The van der Waals surface area contributed by atoms with Gasteiger partial charge >= 0.3 is 0 Å². The third-order valence-electron chi connectivity index (χ3n) is 1.90. The van der Waals surface area contributed by atoms with Crippen LogP contribution in [0.1, 0.15) is 20.8 Å². The van der Waals surface area contributed by atoms with Gasteiger partial charge in [-0.3, -0.25) is 4.79 Å². The average molecular weight is 216 g/mol. The molecule has 0 aliphatic carbocycles. The van der Waals surface area contributed by atoms with Crippen LogP contribution in [0.4, 0.5) is 0 Å². The van der Waals surface area contributed by atoms with Crippen LogP contribution in [0.25, 0.3) is 0 Å². The summed E-state index contributed by atoms with van der Waals surface area (Å²) in [6.07, 6.45) is 1.78. The van der Waals surface area contributed by atoms with Crippen LogP contribution in [-0.2, 0) is 4.79 Å². The predicted octanol–water partition coefficient (Wildman–Crippen LogP) is 2.76. The summed E-state index contributed by atoms with van der Waals surface area (Å²) in [5.41, 5.74) is 1.10. The fraction of sp³-hybridized carbons (Fsp3) is 0.700. The highest BCUT2D eigenvalue weighted by Crippen LogP contribution is 2.31. The molecule has 0 bridgehead atoms. The van der Waals surface area contributed by atoms with E-state index in [4.69, 9.17) is 0 Å². The van der Waals surface area contributed by atoms with Crippen LogP contribution in [0.15, 0.2) is 11.6 Å². The first-order chi connectivity index (χ1) is 6.11. The van der Waals surface area contributed by atoms with E-state index in [2.05, 4.69) is 6.92 Å². The molecule has 0 aromatic heterocycles. The third-order valence-corrected chi connectivity index (χ3v) is 5.01. The van der Waals surface area contributed by atoms with Gasteiger partial charge in [0.05, 0.1) is 5.25 Å². The molecule has 74 valence electrons. The number of carbonyl (C=O) groups excluding carboxylic acids is 1. The molecule has 1 heterocycles. The number of hydrogen-bond acceptors (Lipinski definition) is 3. The van der Waals surface area contributed by atoms with Gasteiger partial charge in [0.15, 0.2) is 5.78 Å². The second-order valence-corrected chi connectivity index (χ2v) is 6.23. The number of allylic oxidation sites excluding steroid dienone is 2. The van der Waals surface area contributed by atoms with Gasteiger partial charge in [0.1, 0.15) is 0 Å². The van der Waals surface area contributed by atoms with Gasteiger partial charge in [0, 0.05) is 16.8 Å². The molecule has 1 nitrogen and oxygen atoms in total. The van der Waals surface area contributed by atoms with Gasteiger partial charge in [-0.15, -0.1) is 11.8 Å². The van der Waals surface area contributed by atoms with E-state index in [1.54, 1.807) is 17.8 Å². The largest absolute Gasteiger partial charge is 0.294 e. The Labute approximate surface area is 88.7 Å². The van der Waals surface area contributed by atoms with Crippen LogP contribution < -0.4 is 0 Å². The minimum atomic E-state index is 0.189. The van der Waals surface area contributed by atoms with E-state index in [-0.39, 0.29) is 5.25 Å². The molecule has 1 aliphatic rings. The minimum Gasteiger partial charge on any atom is -0.294 e. The molecule has 13 heavy (non-hydrogen) atoms. The lowest BCUT2D eigenvalue weighted by molar-refractivity contribution is -0.114. The summed E-state index contributed by atoms with van der Waals surface area (Å²) in [4.78, 5) is 11.7. The number of rotatable bonds is 2. The van der Waals surface area contributed by atoms with Crippen molar-refractivity contribution in [2.24, 2.45) is 0 Å². The molecule has 1 rings (SSSR count). The molecule has 2 atom stereocenters. The first-order valence-corrected chi connectivity index (χ1v) is 6.63. The maximum absolute atomic E-state index is 11.7. The van der Waals surface area contributed by atoms with Crippen molar-refractivity contribution in [3.05, 3.63) is 11.6 Å². The Morgan fingerprint density at radius 3 is 2.46 bits per heavy atom. The van der Waals surface area contributed by atoms with Crippen molar-refractivity contribution in [3.8, 4) is 0 Å². The van der Waals surface area contributed by atoms with Crippen molar-refractivity contribution in [2.45, 2.75) is 31.3 Å². The van der Waals surface area contributed by atoms with Gasteiger partial charge in [-0.25, -0.2) is 0 Å². The average Bonchev–Trinajstić information content (AvgIpc) is 2.03. The number of ketones is 1. The van der Waals surface area contributed by atoms with E-state index in [0.29, 0.717) is 11.0 Å². The van der Waals surface area contributed by atoms with Gasteiger partial charge in [0.2, 0.25) is 0 Å². The monoisotopic (exact) mass is 216 g/mol. The smallest absolute Gasteiger partial charge is 0.169 e. The van der Waals surface area contributed by atoms with Gasteiger partial charge < -0.3 is 0 Å². The third kappa shape index (κ3) is 3.39. The summed E-state index contributed by atoms with van der Waals surface area (Å²) >= 11 is 3.72. The Hall–Kier alpha value is 0.110. The van der Waals surface area contributed by atoms with Crippen LogP contribution >= 0.6 is 23.5 Å². The number of carbonyl (C=O) groups is 1. The Morgan fingerprint density at radius 2 is 1.92 bits per heavy atom. The molecule has 0 aromatic rings. The first kappa shape index (κ1) is 11.2. The maximum Gasteiger partial charge on any atom is 0.169 e. The molecular weight excluding hydrogens is 200 g/mol. The van der Waals surface area contributed by atoms with Crippen molar-refractivity contribution >= 4 is 29.3 Å². The van der Waals surface area contributed by atoms with E-state index < -0.39 is 0 Å². The standard InChI is InChI=1S/C10H16OS2/c1-7(2)6-9(11)10-8(3)12-4-5-13-10/h6,8,10H,4-5H2,1-3H3. The Balaban J connectivity index is 2.59. The summed E-state index contributed by atoms with van der Waals surface area (Å²) in [5, 5.41) is 0.662. The van der Waals surface area contributed by atoms with E-state index in [0.717, 1.165) is 11.3 Å². The zero-order valence-electron chi connectivity index (χ0n) is 8.37. The van der Waals surface area contributed by atoms with Crippen LogP contribution in [0, 0.1) is 0 Å². The highest BCUT2D eigenvalue weighted by molar-refractivity contribution is 8.07. The van der Waals surface area contributed by atoms with Crippen molar-refractivity contribution in [2.75, 3.05) is 11.5 Å².